The van der Waals surface area contributed by atoms with E-state index in [1.807, 2.05) is 0 Å². The van der Waals surface area contributed by atoms with E-state index in [-0.39, 0.29) is 0 Å². The average Bonchev–Trinajstić information content (AvgIpc) is 2.40. The molecule has 18 heavy (non-hydrogen) atoms. The van der Waals surface area contributed by atoms with Gasteiger partial charge in [-0.1, -0.05) is 80.1 Å². The summed E-state index contributed by atoms with van der Waals surface area (Å²) in [4.78, 5) is 16.7. The molecule has 0 heterocycles. The van der Waals surface area contributed by atoms with Gasteiger partial charge in [0.05, 0.1) is 0 Å². The van der Waals surface area contributed by atoms with Crippen molar-refractivity contribution in [3.63, 3.8) is 0 Å². The number of rotatable bonds is 3. The summed E-state index contributed by atoms with van der Waals surface area (Å²) in [5.74, 6) is 0. The quantitative estimate of drug-likeness (QED) is 0.538. The highest BCUT2D eigenvalue weighted by Crippen LogP contribution is 1.77. The fourth-order valence-electron chi connectivity index (χ4n) is 0. The van der Waals surface area contributed by atoms with Crippen LogP contribution in [-0.4, -0.2) is 12.2 Å². The van der Waals surface area contributed by atoms with Crippen molar-refractivity contribution in [1.82, 2.24) is 0 Å². The third kappa shape index (κ3) is 902. The molecule has 0 bridgehead atoms. The minimum Gasteiger partial charge on any atom is -0.222 e. The number of nitrogens with one attached hydrogen (secondary N) is 2. The first kappa shape index (κ1) is 30.1. The van der Waals surface area contributed by atoms with Crippen molar-refractivity contribution >= 4 is 12.2 Å². The van der Waals surface area contributed by atoms with Gasteiger partial charge >= 0.3 is 0 Å². The lowest BCUT2D eigenvalue weighted by atomic mass is 10.4. The molecule has 0 aromatic rings. The second-order valence-corrected chi connectivity index (χ2v) is 3.20. The average molecular weight is 260 g/mol. The van der Waals surface area contributed by atoms with Crippen molar-refractivity contribution in [2.24, 2.45) is 0 Å². The highest BCUT2D eigenvalue weighted by molar-refractivity contribution is 5.26. The molecule has 4 nitrogen and oxygen atoms in total. The zero-order valence-electron chi connectivity index (χ0n) is 13.1. The lowest BCUT2D eigenvalue weighted by molar-refractivity contribution is 0.562. The van der Waals surface area contributed by atoms with E-state index in [4.69, 9.17) is 20.4 Å². The summed E-state index contributed by atoms with van der Waals surface area (Å²) < 4.78 is 0. The lowest BCUT2D eigenvalue weighted by Crippen LogP contribution is -1.47. The number of isocyanates is 2. The molecule has 0 saturated heterocycles. The van der Waals surface area contributed by atoms with E-state index in [9.17, 15) is 0 Å². The predicted molar refractivity (Wildman–Crippen MR) is 78.6 cm³/mol. The van der Waals surface area contributed by atoms with Gasteiger partial charge in [0, 0.05) is 0 Å². The maximum absolute atomic E-state index is 8.35. The minimum absolute atomic E-state index is 0.750. The van der Waals surface area contributed by atoms with Crippen LogP contribution in [0, 0.1) is 10.8 Å². The highest BCUT2D eigenvalue weighted by atomic mass is 16.1. The van der Waals surface area contributed by atoms with Crippen LogP contribution in [-0.2, 0) is 9.59 Å². The van der Waals surface area contributed by atoms with Crippen LogP contribution in [0.15, 0.2) is 0 Å². The molecule has 110 valence electrons. The number of hydrogen-bond donors (Lipinski definition) is 2. The molecule has 0 spiro atoms. The Morgan fingerprint density at radius 1 is 0.556 bits per heavy atom. The Labute approximate surface area is 113 Å². The van der Waals surface area contributed by atoms with Crippen LogP contribution >= 0.6 is 0 Å². The zero-order valence-corrected chi connectivity index (χ0v) is 13.1. The molecule has 0 rings (SSSR count). The Morgan fingerprint density at radius 3 is 0.611 bits per heavy atom. The summed E-state index contributed by atoms with van der Waals surface area (Å²) >= 11 is 0. The van der Waals surface area contributed by atoms with Crippen molar-refractivity contribution in [3.8, 4) is 0 Å². The van der Waals surface area contributed by atoms with E-state index in [1.165, 1.54) is 38.5 Å². The molecular weight excluding hydrogens is 228 g/mol. The van der Waals surface area contributed by atoms with Gasteiger partial charge in [0.15, 0.2) is 0 Å². The molecule has 0 aliphatic carbocycles. The Balaban J connectivity index is -0.0000000394. The van der Waals surface area contributed by atoms with Crippen molar-refractivity contribution in [2.75, 3.05) is 0 Å². The maximum atomic E-state index is 8.35. The van der Waals surface area contributed by atoms with Crippen molar-refractivity contribution in [3.05, 3.63) is 0 Å². The molecule has 0 radical (unpaired) electrons. The molecule has 0 aromatic heterocycles. The van der Waals surface area contributed by atoms with Crippen LogP contribution in [0.5, 0.6) is 0 Å². The van der Waals surface area contributed by atoms with Gasteiger partial charge in [-0.25, -0.2) is 20.4 Å². The van der Waals surface area contributed by atoms with Crippen LogP contribution in [0.3, 0.4) is 0 Å². The Hall–Kier alpha value is -1.24. The smallest absolute Gasteiger partial charge is 0.222 e. The number of carbonyl (C=O) groups excluding carboxylic acids is 2. The summed E-state index contributed by atoms with van der Waals surface area (Å²) in [5.41, 5.74) is 0. The standard InChI is InChI=1S/3C4H10.2CHNO/c3*1-3-4-2;2*2-1-3/h3*3-4H2,1-2H3;2*2H. The molecule has 0 amide bonds. The molecule has 0 fully saturated rings. The van der Waals surface area contributed by atoms with Gasteiger partial charge in [-0.15, -0.1) is 0 Å². The van der Waals surface area contributed by atoms with Gasteiger partial charge in [-0.3, -0.25) is 0 Å². The Morgan fingerprint density at radius 2 is 0.611 bits per heavy atom. The topological polar surface area (TPSA) is 81.8 Å². The Bertz CT molecular complexity index is 120. The molecule has 0 unspecified atom stereocenters. The van der Waals surface area contributed by atoms with E-state index in [0.717, 1.165) is 12.2 Å². The Kier molecular flexibility index (Phi) is 126. The fraction of sp³-hybridized carbons (Fsp3) is 0.857. The van der Waals surface area contributed by atoms with E-state index in [1.54, 1.807) is 0 Å². The van der Waals surface area contributed by atoms with Crippen molar-refractivity contribution < 1.29 is 9.59 Å². The predicted octanol–water partition coefficient (Wildman–Crippen LogP) is 5.22. The van der Waals surface area contributed by atoms with Gasteiger partial charge in [-0.2, -0.15) is 0 Å². The molecular formula is C14H32N2O2. The van der Waals surface area contributed by atoms with E-state index in [0.29, 0.717) is 0 Å². The van der Waals surface area contributed by atoms with Crippen LogP contribution in [0.2, 0.25) is 0 Å². The number of unbranched alkanes of at least 4 members (excludes halogenated alkanes) is 3. The third-order valence-corrected chi connectivity index (χ3v) is 1.50. The lowest BCUT2D eigenvalue weighted by Gasteiger charge is -1.68. The van der Waals surface area contributed by atoms with Gasteiger partial charge in [0.1, 0.15) is 0 Å². The van der Waals surface area contributed by atoms with E-state index >= 15 is 0 Å². The molecule has 0 aliphatic rings. The summed E-state index contributed by atoms with van der Waals surface area (Å²) in [6, 6.07) is 0. The summed E-state index contributed by atoms with van der Waals surface area (Å²) in [6.07, 6.45) is 9.42. The molecule has 0 atom stereocenters. The molecule has 0 saturated carbocycles. The monoisotopic (exact) mass is 260 g/mol. The first-order valence-electron chi connectivity index (χ1n) is 6.65. The summed E-state index contributed by atoms with van der Waals surface area (Å²) in [6.45, 7) is 13.1. The fourth-order valence-corrected chi connectivity index (χ4v) is 0. The zero-order chi connectivity index (χ0) is 15.7. The third-order valence-electron chi connectivity index (χ3n) is 1.50. The second kappa shape index (κ2) is 75.1. The second-order valence-electron chi connectivity index (χ2n) is 3.20. The van der Waals surface area contributed by atoms with Crippen LogP contribution in [0.1, 0.15) is 80.1 Å². The summed E-state index contributed by atoms with van der Waals surface area (Å²) in [7, 11) is 0. The SMILES string of the molecule is CCCC.CCCC.CCCC.N=C=O.N=C=O. The largest absolute Gasteiger partial charge is 0.231 e. The number of hydrogen-bond acceptors (Lipinski definition) is 4. The molecule has 2 N–H and O–H groups in total. The highest BCUT2D eigenvalue weighted by Gasteiger charge is 1.57. The van der Waals surface area contributed by atoms with E-state index < -0.39 is 0 Å². The first-order valence-corrected chi connectivity index (χ1v) is 6.65. The van der Waals surface area contributed by atoms with Crippen molar-refractivity contribution in [2.45, 2.75) is 80.1 Å². The van der Waals surface area contributed by atoms with Crippen LogP contribution < -0.4 is 0 Å². The molecule has 0 aromatic carbocycles. The van der Waals surface area contributed by atoms with E-state index in [2.05, 4.69) is 41.5 Å². The minimum atomic E-state index is 0.750. The van der Waals surface area contributed by atoms with Crippen molar-refractivity contribution in [1.29, 1.82) is 10.8 Å². The van der Waals surface area contributed by atoms with Crippen LogP contribution in [0.4, 0.5) is 0 Å². The summed E-state index contributed by atoms with van der Waals surface area (Å²) in [5, 5.41) is 10.8. The normalized spacial score (nSPS) is 5.89. The molecule has 0 aliphatic heterocycles. The van der Waals surface area contributed by atoms with Gasteiger partial charge < -0.3 is 0 Å². The van der Waals surface area contributed by atoms with Crippen LogP contribution in [0.25, 0.3) is 0 Å². The van der Waals surface area contributed by atoms with Gasteiger partial charge in [-0.05, 0) is 0 Å². The van der Waals surface area contributed by atoms with Gasteiger partial charge in [0.2, 0.25) is 12.2 Å². The maximum Gasteiger partial charge on any atom is 0.231 e. The first-order chi connectivity index (χ1) is 8.57. The molecule has 4 heteroatoms. The van der Waals surface area contributed by atoms with Gasteiger partial charge in [0.25, 0.3) is 0 Å².